The van der Waals surface area contributed by atoms with Gasteiger partial charge in [-0.15, -0.1) is 0 Å². The van der Waals surface area contributed by atoms with Gasteiger partial charge in [0.25, 0.3) is 0 Å². The van der Waals surface area contributed by atoms with Crippen LogP contribution in [-0.4, -0.2) is 72.4 Å². The minimum absolute atomic E-state index is 0.222. The number of nitrogens with zero attached hydrogens (tertiary/aromatic N) is 6. The molecule has 0 spiro atoms. The molecule has 1 unspecified atom stereocenters. The van der Waals surface area contributed by atoms with Crippen LogP contribution in [0.15, 0.2) is 48.8 Å². The molecule has 5 rings (SSSR count). The number of nitrogens with one attached hydrogen (secondary N) is 1. The molecule has 1 amide bonds. The maximum atomic E-state index is 12.4. The van der Waals surface area contributed by atoms with Crippen LogP contribution in [0.3, 0.4) is 0 Å². The lowest BCUT2D eigenvalue weighted by Crippen LogP contribution is -2.50. The van der Waals surface area contributed by atoms with Gasteiger partial charge in [0, 0.05) is 69.3 Å². The fourth-order valence-electron chi connectivity index (χ4n) is 4.82. The largest absolute Gasteiger partial charge is 0.444 e. The molecular formula is C28H35N7O2. The Bertz CT molecular complexity index is 1390. The zero-order chi connectivity index (χ0) is 26.2. The average molecular weight is 502 g/mol. The first-order valence-electron chi connectivity index (χ1n) is 12.8. The van der Waals surface area contributed by atoms with Crippen LogP contribution in [-0.2, 0) is 18.2 Å². The third-order valence-electron chi connectivity index (χ3n) is 6.83. The molecule has 0 aliphatic carbocycles. The molecule has 1 aliphatic rings. The molecule has 4 aromatic rings. The van der Waals surface area contributed by atoms with Crippen molar-refractivity contribution in [2.75, 3.05) is 26.2 Å². The van der Waals surface area contributed by atoms with Crippen molar-refractivity contribution in [1.29, 1.82) is 0 Å². The SMILES string of the molecule is CC(c1ccnc(Cc2nc3ccc(-c4ccnn4C)cc3[nH]2)c1)N1CCN(C(=O)OC(C)(C)C)CC1. The lowest BCUT2D eigenvalue weighted by atomic mass is 10.1. The van der Waals surface area contributed by atoms with Crippen molar-refractivity contribution < 1.29 is 9.53 Å². The Hall–Kier alpha value is -3.72. The summed E-state index contributed by atoms with van der Waals surface area (Å²) in [7, 11) is 1.94. The molecule has 3 aromatic heterocycles. The summed E-state index contributed by atoms with van der Waals surface area (Å²) in [5.74, 6) is 0.889. The third kappa shape index (κ3) is 5.67. The predicted molar refractivity (Wildman–Crippen MR) is 143 cm³/mol. The van der Waals surface area contributed by atoms with Gasteiger partial charge in [0.15, 0.2) is 0 Å². The summed E-state index contributed by atoms with van der Waals surface area (Å²) in [4.78, 5) is 29.5. The van der Waals surface area contributed by atoms with E-state index in [9.17, 15) is 4.79 Å². The van der Waals surface area contributed by atoms with E-state index in [0.29, 0.717) is 19.5 Å². The highest BCUT2D eigenvalue weighted by atomic mass is 16.6. The van der Waals surface area contributed by atoms with Gasteiger partial charge < -0.3 is 14.6 Å². The van der Waals surface area contributed by atoms with Crippen molar-refractivity contribution in [2.45, 2.75) is 45.8 Å². The topological polar surface area (TPSA) is 92.2 Å². The fraction of sp³-hybridized carbons (Fsp3) is 0.429. The molecule has 4 heterocycles. The first-order chi connectivity index (χ1) is 17.7. The number of fused-ring (bicyclic) bond motifs is 1. The standard InChI is InChI=1S/C28H35N7O2/c1-19(34-12-14-35(15-13-34)27(36)37-28(2,3)4)20-8-10-29-22(16-20)18-26-31-23-7-6-21(17-24(23)32-26)25-9-11-30-33(25)5/h6-11,16-17,19H,12-15,18H2,1-5H3,(H,31,32). The fourth-order valence-corrected chi connectivity index (χ4v) is 4.82. The summed E-state index contributed by atoms with van der Waals surface area (Å²) in [5.41, 5.74) is 5.81. The first-order valence-corrected chi connectivity index (χ1v) is 12.8. The van der Waals surface area contributed by atoms with Crippen molar-refractivity contribution in [2.24, 2.45) is 7.05 Å². The minimum Gasteiger partial charge on any atom is -0.444 e. The summed E-state index contributed by atoms with van der Waals surface area (Å²) in [5, 5.41) is 4.27. The molecule has 1 aromatic carbocycles. The molecule has 0 saturated carbocycles. The van der Waals surface area contributed by atoms with E-state index in [-0.39, 0.29) is 12.1 Å². The van der Waals surface area contributed by atoms with Gasteiger partial charge in [-0.2, -0.15) is 5.10 Å². The van der Waals surface area contributed by atoms with E-state index in [1.54, 1.807) is 11.1 Å². The third-order valence-corrected chi connectivity index (χ3v) is 6.83. The number of benzene rings is 1. The van der Waals surface area contributed by atoms with Crippen LogP contribution in [0.25, 0.3) is 22.3 Å². The number of aromatic nitrogens is 5. The van der Waals surface area contributed by atoms with Crippen LogP contribution in [0.2, 0.25) is 0 Å². The number of hydrogen-bond donors (Lipinski definition) is 1. The number of ether oxygens (including phenoxy) is 1. The van der Waals surface area contributed by atoms with Crippen molar-refractivity contribution in [3.05, 3.63) is 65.9 Å². The van der Waals surface area contributed by atoms with E-state index in [0.717, 1.165) is 46.9 Å². The molecule has 194 valence electrons. The number of amides is 1. The Morgan fingerprint density at radius 1 is 1.08 bits per heavy atom. The number of imidazole rings is 1. The summed E-state index contributed by atoms with van der Waals surface area (Å²) < 4.78 is 7.40. The number of H-pyrrole nitrogens is 1. The average Bonchev–Trinajstić information content (AvgIpc) is 3.47. The highest BCUT2D eigenvalue weighted by Gasteiger charge is 2.28. The monoisotopic (exact) mass is 501 g/mol. The van der Waals surface area contributed by atoms with Crippen molar-refractivity contribution in [3.63, 3.8) is 0 Å². The Balaban J connectivity index is 1.24. The molecule has 1 atom stereocenters. The van der Waals surface area contributed by atoms with Crippen molar-refractivity contribution >= 4 is 17.1 Å². The van der Waals surface area contributed by atoms with Gasteiger partial charge >= 0.3 is 6.09 Å². The molecule has 9 nitrogen and oxygen atoms in total. The first kappa shape index (κ1) is 25.0. The maximum absolute atomic E-state index is 12.4. The van der Waals surface area contributed by atoms with E-state index < -0.39 is 5.60 Å². The van der Waals surface area contributed by atoms with Crippen LogP contribution in [0.4, 0.5) is 4.79 Å². The Labute approximate surface area is 217 Å². The number of aromatic amines is 1. The van der Waals surface area contributed by atoms with Crippen LogP contribution in [0.1, 0.15) is 50.8 Å². The lowest BCUT2D eigenvalue weighted by molar-refractivity contribution is 0.0110. The summed E-state index contributed by atoms with van der Waals surface area (Å²) in [6.45, 7) is 10.8. The van der Waals surface area contributed by atoms with Crippen molar-refractivity contribution in [1.82, 2.24) is 34.5 Å². The number of carbonyl (C=O) groups excluding carboxylic acids is 1. The lowest BCUT2D eigenvalue weighted by Gasteiger charge is -2.38. The zero-order valence-electron chi connectivity index (χ0n) is 22.2. The Morgan fingerprint density at radius 2 is 1.86 bits per heavy atom. The summed E-state index contributed by atoms with van der Waals surface area (Å²) in [6, 6.07) is 12.7. The van der Waals surface area contributed by atoms with Gasteiger partial charge in [-0.3, -0.25) is 14.6 Å². The minimum atomic E-state index is -0.476. The molecule has 0 bridgehead atoms. The molecular weight excluding hydrogens is 466 g/mol. The summed E-state index contributed by atoms with van der Waals surface area (Å²) in [6.07, 6.45) is 4.08. The number of hydrogen-bond acceptors (Lipinski definition) is 6. The van der Waals surface area contributed by atoms with Gasteiger partial charge in [0.05, 0.1) is 16.7 Å². The van der Waals surface area contributed by atoms with Crippen LogP contribution < -0.4 is 0 Å². The smallest absolute Gasteiger partial charge is 0.410 e. The Kier molecular flexibility index (Phi) is 6.72. The molecule has 1 fully saturated rings. The number of aryl methyl sites for hydroxylation is 1. The molecule has 0 radical (unpaired) electrons. The van der Waals surface area contributed by atoms with E-state index in [2.05, 4.69) is 51.2 Å². The van der Waals surface area contributed by atoms with Gasteiger partial charge in [-0.05, 0) is 63.6 Å². The zero-order valence-corrected chi connectivity index (χ0v) is 22.2. The normalized spacial score (nSPS) is 15.8. The van der Waals surface area contributed by atoms with Crippen LogP contribution in [0.5, 0.6) is 0 Å². The number of rotatable bonds is 5. The number of pyridine rings is 1. The van der Waals surface area contributed by atoms with Crippen molar-refractivity contribution in [3.8, 4) is 11.3 Å². The second-order valence-corrected chi connectivity index (χ2v) is 10.7. The second-order valence-electron chi connectivity index (χ2n) is 10.7. The Morgan fingerprint density at radius 3 is 2.57 bits per heavy atom. The summed E-state index contributed by atoms with van der Waals surface area (Å²) >= 11 is 0. The maximum Gasteiger partial charge on any atom is 0.410 e. The molecule has 1 aliphatic heterocycles. The second kappa shape index (κ2) is 9.97. The number of carbonyl (C=O) groups is 1. The molecule has 1 N–H and O–H groups in total. The van der Waals surface area contributed by atoms with E-state index in [1.807, 2.05) is 50.8 Å². The number of piperazine rings is 1. The van der Waals surface area contributed by atoms with Gasteiger partial charge in [-0.25, -0.2) is 9.78 Å². The van der Waals surface area contributed by atoms with Gasteiger partial charge in [0.1, 0.15) is 11.4 Å². The van der Waals surface area contributed by atoms with E-state index >= 15 is 0 Å². The predicted octanol–water partition coefficient (Wildman–Crippen LogP) is 4.56. The molecule has 1 saturated heterocycles. The molecule has 9 heteroatoms. The van der Waals surface area contributed by atoms with Crippen LogP contribution >= 0.6 is 0 Å². The van der Waals surface area contributed by atoms with Gasteiger partial charge in [0.2, 0.25) is 0 Å². The quantitative estimate of drug-likeness (QED) is 0.431. The van der Waals surface area contributed by atoms with Gasteiger partial charge in [-0.1, -0.05) is 6.07 Å². The highest BCUT2D eigenvalue weighted by molar-refractivity contribution is 5.81. The molecule has 37 heavy (non-hydrogen) atoms. The highest BCUT2D eigenvalue weighted by Crippen LogP contribution is 2.25. The van der Waals surface area contributed by atoms with E-state index in [4.69, 9.17) is 9.72 Å². The van der Waals surface area contributed by atoms with Crippen LogP contribution in [0, 0.1) is 0 Å². The van der Waals surface area contributed by atoms with E-state index in [1.165, 1.54) is 5.56 Å².